The van der Waals surface area contributed by atoms with Gasteiger partial charge in [0.25, 0.3) is 0 Å². The number of anilines is 1. The molecule has 0 aliphatic carbocycles. The quantitative estimate of drug-likeness (QED) is 0.431. The second-order valence-corrected chi connectivity index (χ2v) is 9.31. The number of nitrogen functional groups attached to an aromatic ring is 1. The summed E-state index contributed by atoms with van der Waals surface area (Å²) < 4.78 is 2.14. The van der Waals surface area contributed by atoms with Gasteiger partial charge >= 0.3 is 0 Å². The van der Waals surface area contributed by atoms with Gasteiger partial charge in [0.05, 0.1) is 5.69 Å². The SMILES string of the molecule is CC(C)c1nc(CCC(N)=O)n(Cc2ccc(N)cc2)c1Sc1cc(Cl)cc(Cl)c1. The number of hydrogen-bond acceptors (Lipinski definition) is 4. The molecule has 4 N–H and O–H groups in total. The highest BCUT2D eigenvalue weighted by Crippen LogP contribution is 2.37. The smallest absolute Gasteiger partial charge is 0.217 e. The zero-order chi connectivity index (χ0) is 21.8. The molecule has 0 aliphatic rings. The number of halogens is 2. The number of nitrogens with two attached hydrogens (primary N) is 2. The molecular formula is C22H24Cl2N4OS. The van der Waals surface area contributed by atoms with Gasteiger partial charge in [-0.2, -0.15) is 0 Å². The highest BCUT2D eigenvalue weighted by atomic mass is 35.5. The van der Waals surface area contributed by atoms with E-state index in [0.29, 0.717) is 28.7 Å². The lowest BCUT2D eigenvalue weighted by atomic mass is 10.1. The molecular weight excluding hydrogens is 439 g/mol. The number of aromatic nitrogens is 2. The van der Waals surface area contributed by atoms with E-state index in [0.717, 1.165) is 27.0 Å². The second-order valence-electron chi connectivity index (χ2n) is 7.37. The topological polar surface area (TPSA) is 86.9 Å². The normalized spacial score (nSPS) is 11.2. The van der Waals surface area contributed by atoms with Gasteiger partial charge in [-0.05, 0) is 41.8 Å². The highest BCUT2D eigenvalue weighted by Gasteiger charge is 2.21. The van der Waals surface area contributed by atoms with Crippen molar-refractivity contribution in [3.05, 3.63) is 69.6 Å². The Morgan fingerprint density at radius 3 is 2.33 bits per heavy atom. The van der Waals surface area contributed by atoms with Gasteiger partial charge in [0.15, 0.2) is 0 Å². The molecule has 0 unspecified atom stereocenters. The van der Waals surface area contributed by atoms with Crippen LogP contribution >= 0.6 is 35.0 Å². The lowest BCUT2D eigenvalue weighted by Crippen LogP contribution is -2.14. The molecule has 5 nitrogen and oxygen atoms in total. The van der Waals surface area contributed by atoms with E-state index in [1.54, 1.807) is 17.8 Å². The molecule has 0 bridgehead atoms. The number of carbonyl (C=O) groups is 1. The predicted octanol–water partition coefficient (Wildman–Crippen LogP) is 5.51. The molecule has 0 atom stereocenters. The fourth-order valence-corrected chi connectivity index (χ4v) is 5.00. The Bertz CT molecular complexity index is 1030. The number of carbonyl (C=O) groups excluding carboxylic acids is 1. The van der Waals surface area contributed by atoms with Gasteiger partial charge in [-0.1, -0.05) is 60.9 Å². The molecule has 0 fully saturated rings. The first-order valence-corrected chi connectivity index (χ1v) is 11.2. The molecule has 0 aliphatic heterocycles. The third kappa shape index (κ3) is 5.72. The standard InChI is InChI=1S/C22H24Cl2N4OS/c1-13(2)21-22(30-18-10-15(23)9-16(24)11-18)28(20(27-21)8-7-19(26)29)12-14-3-5-17(25)6-4-14/h3-6,9-11,13H,7-8,12,25H2,1-2H3,(H2,26,29). The first kappa shape index (κ1) is 22.5. The van der Waals surface area contributed by atoms with Crippen LogP contribution in [0.1, 0.15) is 43.3 Å². The van der Waals surface area contributed by atoms with E-state index in [9.17, 15) is 4.79 Å². The molecule has 1 aromatic heterocycles. The van der Waals surface area contributed by atoms with Crippen LogP contribution in [-0.2, 0) is 17.8 Å². The first-order valence-electron chi connectivity index (χ1n) is 9.59. The Balaban J connectivity index is 2.08. The maximum Gasteiger partial charge on any atom is 0.217 e. The molecule has 0 radical (unpaired) electrons. The molecule has 158 valence electrons. The van der Waals surface area contributed by atoms with Gasteiger partial charge in [0.1, 0.15) is 10.9 Å². The average molecular weight is 463 g/mol. The minimum absolute atomic E-state index is 0.196. The Kier molecular flexibility index (Phi) is 7.34. The van der Waals surface area contributed by atoms with Crippen molar-refractivity contribution in [2.45, 2.75) is 49.1 Å². The van der Waals surface area contributed by atoms with Gasteiger partial charge in [0.2, 0.25) is 5.91 Å². The summed E-state index contributed by atoms with van der Waals surface area (Å²) in [5, 5.41) is 2.16. The Morgan fingerprint density at radius 1 is 1.13 bits per heavy atom. The van der Waals surface area contributed by atoms with Gasteiger partial charge < -0.3 is 16.0 Å². The maximum atomic E-state index is 11.4. The van der Waals surface area contributed by atoms with Crippen molar-refractivity contribution in [1.82, 2.24) is 9.55 Å². The fraction of sp³-hybridized carbons (Fsp3) is 0.273. The van der Waals surface area contributed by atoms with Crippen molar-refractivity contribution in [3.8, 4) is 0 Å². The van der Waals surface area contributed by atoms with E-state index in [4.69, 9.17) is 39.7 Å². The van der Waals surface area contributed by atoms with Crippen molar-refractivity contribution in [3.63, 3.8) is 0 Å². The van der Waals surface area contributed by atoms with E-state index in [2.05, 4.69) is 18.4 Å². The average Bonchev–Trinajstić information content (AvgIpc) is 2.98. The number of nitrogens with zero attached hydrogens (tertiary/aromatic N) is 2. The molecule has 0 spiro atoms. The monoisotopic (exact) mass is 462 g/mol. The van der Waals surface area contributed by atoms with E-state index in [-0.39, 0.29) is 18.2 Å². The van der Waals surface area contributed by atoms with E-state index < -0.39 is 0 Å². The number of benzene rings is 2. The van der Waals surface area contributed by atoms with Crippen molar-refractivity contribution in [1.29, 1.82) is 0 Å². The minimum Gasteiger partial charge on any atom is -0.399 e. The van der Waals surface area contributed by atoms with Gasteiger partial charge in [0, 0.05) is 40.0 Å². The molecule has 0 saturated carbocycles. The van der Waals surface area contributed by atoms with Gasteiger partial charge in [-0.3, -0.25) is 4.79 Å². The molecule has 2 aromatic carbocycles. The summed E-state index contributed by atoms with van der Waals surface area (Å²) in [5.41, 5.74) is 14.0. The van der Waals surface area contributed by atoms with Crippen LogP contribution < -0.4 is 11.5 Å². The summed E-state index contributed by atoms with van der Waals surface area (Å²) in [5.74, 6) is 0.672. The number of amides is 1. The zero-order valence-corrected chi connectivity index (χ0v) is 19.2. The van der Waals surface area contributed by atoms with Crippen LogP contribution in [0.15, 0.2) is 52.4 Å². The largest absolute Gasteiger partial charge is 0.399 e. The van der Waals surface area contributed by atoms with Crippen LogP contribution in [0.25, 0.3) is 0 Å². The molecule has 1 heterocycles. The molecule has 3 aromatic rings. The second kappa shape index (κ2) is 9.77. The first-order chi connectivity index (χ1) is 14.2. The van der Waals surface area contributed by atoms with Crippen molar-refractivity contribution >= 4 is 46.6 Å². The molecule has 8 heteroatoms. The molecule has 0 saturated heterocycles. The third-order valence-electron chi connectivity index (χ3n) is 4.54. The van der Waals surface area contributed by atoms with Crippen LogP contribution in [0.4, 0.5) is 5.69 Å². The van der Waals surface area contributed by atoms with Crippen LogP contribution in [0.5, 0.6) is 0 Å². The van der Waals surface area contributed by atoms with Crippen LogP contribution in [0, 0.1) is 0 Å². The summed E-state index contributed by atoms with van der Waals surface area (Å²) in [6, 6.07) is 13.2. The minimum atomic E-state index is -0.348. The number of hydrogen-bond donors (Lipinski definition) is 2. The van der Waals surface area contributed by atoms with Crippen LogP contribution in [-0.4, -0.2) is 15.5 Å². The maximum absolute atomic E-state index is 11.4. The predicted molar refractivity (Wildman–Crippen MR) is 124 cm³/mol. The summed E-state index contributed by atoms with van der Waals surface area (Å²) in [6.45, 7) is 4.80. The third-order valence-corrected chi connectivity index (χ3v) is 6.07. The fourth-order valence-electron chi connectivity index (χ4n) is 3.08. The van der Waals surface area contributed by atoms with E-state index in [1.165, 1.54) is 0 Å². The number of imidazole rings is 1. The molecule has 1 amide bonds. The van der Waals surface area contributed by atoms with E-state index in [1.807, 2.05) is 36.4 Å². The highest BCUT2D eigenvalue weighted by molar-refractivity contribution is 7.99. The van der Waals surface area contributed by atoms with Gasteiger partial charge in [-0.15, -0.1) is 0 Å². The molecule has 3 rings (SSSR count). The summed E-state index contributed by atoms with van der Waals surface area (Å²) >= 11 is 14.0. The van der Waals surface area contributed by atoms with Crippen LogP contribution in [0.3, 0.4) is 0 Å². The Labute approximate surface area is 190 Å². The summed E-state index contributed by atoms with van der Waals surface area (Å²) in [7, 11) is 0. The van der Waals surface area contributed by atoms with Crippen molar-refractivity contribution in [2.75, 3.05) is 5.73 Å². The molecule has 30 heavy (non-hydrogen) atoms. The van der Waals surface area contributed by atoms with E-state index >= 15 is 0 Å². The number of rotatable bonds is 8. The lowest BCUT2D eigenvalue weighted by Gasteiger charge is -2.14. The summed E-state index contributed by atoms with van der Waals surface area (Å²) in [4.78, 5) is 17.2. The Hall–Kier alpha value is -2.15. The van der Waals surface area contributed by atoms with Crippen LogP contribution in [0.2, 0.25) is 10.0 Å². The van der Waals surface area contributed by atoms with Crippen molar-refractivity contribution < 1.29 is 4.79 Å². The van der Waals surface area contributed by atoms with Crippen molar-refractivity contribution in [2.24, 2.45) is 5.73 Å². The van der Waals surface area contributed by atoms with Gasteiger partial charge in [-0.25, -0.2) is 4.98 Å². The lowest BCUT2D eigenvalue weighted by molar-refractivity contribution is -0.118. The summed E-state index contributed by atoms with van der Waals surface area (Å²) in [6.07, 6.45) is 0.713. The number of aryl methyl sites for hydroxylation is 1. The number of primary amides is 1. The Morgan fingerprint density at radius 2 is 1.77 bits per heavy atom. The zero-order valence-electron chi connectivity index (χ0n) is 16.9.